The summed E-state index contributed by atoms with van der Waals surface area (Å²) < 4.78 is 5.24. The summed E-state index contributed by atoms with van der Waals surface area (Å²) >= 11 is 6.12. The van der Waals surface area contributed by atoms with E-state index in [-0.39, 0.29) is 5.91 Å². The fraction of sp³-hybridized carbons (Fsp3) is 0.118. The molecule has 6 heteroatoms. The Morgan fingerprint density at radius 1 is 1.13 bits per heavy atom. The van der Waals surface area contributed by atoms with Gasteiger partial charge >= 0.3 is 0 Å². The van der Waals surface area contributed by atoms with E-state index in [1.807, 2.05) is 36.4 Å². The molecule has 116 valence electrons. The number of aromatic nitrogens is 2. The Kier molecular flexibility index (Phi) is 4.39. The Balaban J connectivity index is 1.75. The van der Waals surface area contributed by atoms with Gasteiger partial charge in [-0.25, -0.2) is 0 Å². The van der Waals surface area contributed by atoms with Crippen molar-refractivity contribution in [1.29, 1.82) is 0 Å². The number of rotatable bonds is 4. The van der Waals surface area contributed by atoms with Gasteiger partial charge in [-0.15, -0.1) is 0 Å². The molecular formula is C17H14ClN3O2. The van der Waals surface area contributed by atoms with Crippen molar-refractivity contribution in [2.45, 2.75) is 13.0 Å². The maximum atomic E-state index is 12.1. The maximum absolute atomic E-state index is 12.1. The molecule has 0 radical (unpaired) electrons. The third kappa shape index (κ3) is 3.40. The second-order valence-electron chi connectivity index (χ2n) is 5.00. The highest BCUT2D eigenvalue weighted by atomic mass is 35.5. The second kappa shape index (κ2) is 6.62. The molecule has 1 N–H and O–H groups in total. The summed E-state index contributed by atoms with van der Waals surface area (Å²) in [4.78, 5) is 16.4. The van der Waals surface area contributed by atoms with Crippen molar-refractivity contribution >= 4 is 17.5 Å². The molecule has 23 heavy (non-hydrogen) atoms. The van der Waals surface area contributed by atoms with Crippen LogP contribution < -0.4 is 5.32 Å². The van der Waals surface area contributed by atoms with Gasteiger partial charge in [-0.3, -0.25) is 4.79 Å². The highest BCUT2D eigenvalue weighted by Crippen LogP contribution is 2.26. The zero-order valence-corrected chi connectivity index (χ0v) is 13.1. The van der Waals surface area contributed by atoms with Gasteiger partial charge in [0.2, 0.25) is 11.7 Å². The van der Waals surface area contributed by atoms with Gasteiger partial charge in [-0.1, -0.05) is 47.1 Å². The minimum absolute atomic E-state index is 0.199. The summed E-state index contributed by atoms with van der Waals surface area (Å²) in [5.74, 6) is 0.520. The van der Waals surface area contributed by atoms with E-state index in [1.165, 1.54) is 0 Å². The molecule has 3 rings (SSSR count). The standard InChI is InChI=1S/C17H14ClN3O2/c1-11(19-16(22)12-7-3-2-4-8-12)17-20-15(21-23-17)13-9-5-6-10-14(13)18/h2-11H,1H3,(H,19,22)/t11-/m0/s1. The molecule has 0 aliphatic carbocycles. The predicted molar refractivity (Wildman–Crippen MR) is 87.1 cm³/mol. The molecule has 1 amide bonds. The van der Waals surface area contributed by atoms with Crippen LogP contribution in [0.2, 0.25) is 5.02 Å². The topological polar surface area (TPSA) is 68.0 Å². The Labute approximate surface area is 138 Å². The molecular weight excluding hydrogens is 314 g/mol. The molecule has 0 spiro atoms. The van der Waals surface area contributed by atoms with Crippen LogP contribution in [0.15, 0.2) is 59.1 Å². The summed E-state index contributed by atoms with van der Waals surface area (Å²) in [6.45, 7) is 1.78. The molecule has 0 aliphatic heterocycles. The summed E-state index contributed by atoms with van der Waals surface area (Å²) in [6, 6.07) is 15.8. The molecule has 2 aromatic carbocycles. The number of nitrogens with zero attached hydrogens (tertiary/aromatic N) is 2. The van der Waals surface area contributed by atoms with Crippen molar-refractivity contribution in [2.75, 3.05) is 0 Å². The molecule has 1 heterocycles. The van der Waals surface area contributed by atoms with Crippen molar-refractivity contribution < 1.29 is 9.32 Å². The molecule has 0 aliphatic rings. The van der Waals surface area contributed by atoms with E-state index in [9.17, 15) is 4.79 Å². The van der Waals surface area contributed by atoms with E-state index in [2.05, 4.69) is 15.5 Å². The number of carbonyl (C=O) groups is 1. The molecule has 0 saturated heterocycles. The van der Waals surface area contributed by atoms with Crippen molar-refractivity contribution in [3.05, 3.63) is 71.1 Å². The van der Waals surface area contributed by atoms with E-state index < -0.39 is 6.04 Å². The SMILES string of the molecule is C[C@H](NC(=O)c1ccccc1)c1nc(-c2ccccc2Cl)no1. The molecule has 1 aromatic heterocycles. The van der Waals surface area contributed by atoms with Crippen LogP contribution in [0.5, 0.6) is 0 Å². The zero-order valence-electron chi connectivity index (χ0n) is 12.4. The molecule has 0 unspecified atom stereocenters. The summed E-state index contributed by atoms with van der Waals surface area (Å²) in [6.07, 6.45) is 0. The van der Waals surface area contributed by atoms with Crippen LogP contribution in [0.3, 0.4) is 0 Å². The zero-order chi connectivity index (χ0) is 16.2. The third-order valence-corrected chi connectivity index (χ3v) is 3.64. The quantitative estimate of drug-likeness (QED) is 0.789. The van der Waals surface area contributed by atoms with Crippen molar-refractivity contribution in [2.24, 2.45) is 0 Å². The lowest BCUT2D eigenvalue weighted by Gasteiger charge is -2.09. The first-order valence-corrected chi connectivity index (χ1v) is 7.47. The largest absolute Gasteiger partial charge is 0.341 e. The smallest absolute Gasteiger partial charge is 0.251 e. The Morgan fingerprint density at radius 3 is 2.57 bits per heavy atom. The molecule has 0 saturated carbocycles. The normalized spacial score (nSPS) is 11.9. The number of amides is 1. The lowest BCUT2D eigenvalue weighted by atomic mass is 10.2. The van der Waals surface area contributed by atoms with Gasteiger partial charge in [0, 0.05) is 11.1 Å². The Morgan fingerprint density at radius 2 is 1.83 bits per heavy atom. The average molecular weight is 328 g/mol. The fourth-order valence-electron chi connectivity index (χ4n) is 2.09. The molecule has 3 aromatic rings. The lowest BCUT2D eigenvalue weighted by Crippen LogP contribution is -2.26. The minimum Gasteiger partial charge on any atom is -0.341 e. The van der Waals surface area contributed by atoms with Gasteiger partial charge in [0.1, 0.15) is 6.04 Å². The predicted octanol–water partition coefficient (Wildman–Crippen LogP) is 3.88. The van der Waals surface area contributed by atoms with Gasteiger partial charge in [0.15, 0.2) is 0 Å². The van der Waals surface area contributed by atoms with Crippen molar-refractivity contribution in [1.82, 2.24) is 15.5 Å². The average Bonchev–Trinajstić information content (AvgIpc) is 3.06. The van der Waals surface area contributed by atoms with Crippen LogP contribution in [0.25, 0.3) is 11.4 Å². The Bertz CT molecular complexity index is 817. The number of hydrogen-bond donors (Lipinski definition) is 1. The minimum atomic E-state index is -0.411. The van der Waals surface area contributed by atoms with Gasteiger partial charge < -0.3 is 9.84 Å². The van der Waals surface area contributed by atoms with Crippen molar-refractivity contribution in [3.63, 3.8) is 0 Å². The van der Waals surface area contributed by atoms with Crippen LogP contribution in [0.1, 0.15) is 29.2 Å². The van der Waals surface area contributed by atoms with E-state index in [1.54, 1.807) is 25.1 Å². The van der Waals surface area contributed by atoms with Gasteiger partial charge in [-0.05, 0) is 31.2 Å². The Hall–Kier alpha value is -2.66. The number of halogens is 1. The van der Waals surface area contributed by atoms with Gasteiger partial charge in [-0.2, -0.15) is 4.98 Å². The van der Waals surface area contributed by atoms with E-state index in [0.717, 1.165) is 0 Å². The van der Waals surface area contributed by atoms with E-state index >= 15 is 0 Å². The highest BCUT2D eigenvalue weighted by molar-refractivity contribution is 6.33. The summed E-state index contributed by atoms with van der Waals surface area (Å²) in [5, 5.41) is 7.29. The van der Waals surface area contributed by atoms with E-state index in [0.29, 0.717) is 27.9 Å². The summed E-state index contributed by atoms with van der Waals surface area (Å²) in [7, 11) is 0. The molecule has 5 nitrogen and oxygen atoms in total. The first-order chi connectivity index (χ1) is 11.1. The first kappa shape index (κ1) is 15.2. The number of nitrogens with one attached hydrogen (secondary N) is 1. The molecule has 0 bridgehead atoms. The molecule has 1 atom stereocenters. The lowest BCUT2D eigenvalue weighted by molar-refractivity contribution is 0.0932. The van der Waals surface area contributed by atoms with Crippen LogP contribution in [-0.4, -0.2) is 16.0 Å². The number of hydrogen-bond acceptors (Lipinski definition) is 4. The van der Waals surface area contributed by atoms with Gasteiger partial charge in [0.25, 0.3) is 5.91 Å². The first-order valence-electron chi connectivity index (χ1n) is 7.09. The maximum Gasteiger partial charge on any atom is 0.251 e. The van der Waals surface area contributed by atoms with E-state index in [4.69, 9.17) is 16.1 Å². The van der Waals surface area contributed by atoms with Gasteiger partial charge in [0.05, 0.1) is 5.02 Å². The fourth-order valence-corrected chi connectivity index (χ4v) is 2.31. The van der Waals surface area contributed by atoms with Crippen LogP contribution in [0.4, 0.5) is 0 Å². The van der Waals surface area contributed by atoms with Crippen LogP contribution >= 0.6 is 11.6 Å². The number of benzene rings is 2. The number of carbonyl (C=O) groups excluding carboxylic acids is 1. The van der Waals surface area contributed by atoms with Crippen LogP contribution in [0, 0.1) is 0 Å². The summed E-state index contributed by atoms with van der Waals surface area (Å²) in [5.41, 5.74) is 1.26. The molecule has 0 fully saturated rings. The second-order valence-corrected chi connectivity index (χ2v) is 5.40. The third-order valence-electron chi connectivity index (χ3n) is 3.31. The highest BCUT2D eigenvalue weighted by Gasteiger charge is 2.18. The van der Waals surface area contributed by atoms with Crippen LogP contribution in [-0.2, 0) is 0 Å². The van der Waals surface area contributed by atoms with Crippen molar-refractivity contribution in [3.8, 4) is 11.4 Å². The monoisotopic (exact) mass is 327 g/mol.